The van der Waals surface area contributed by atoms with Crippen LogP contribution >= 0.6 is 0 Å². The molecule has 1 aromatic carbocycles. The number of aryl methyl sites for hydroxylation is 1. The minimum Gasteiger partial charge on any atom is -0.353 e. The predicted octanol–water partition coefficient (Wildman–Crippen LogP) is 9.20. The number of rotatable bonds is 16. The first-order chi connectivity index (χ1) is 15.9. The van der Waals surface area contributed by atoms with Crippen LogP contribution in [0.5, 0.6) is 0 Å². The molecule has 1 unspecified atom stereocenters. The van der Waals surface area contributed by atoms with Gasteiger partial charge in [-0.1, -0.05) is 58.8 Å². The van der Waals surface area contributed by atoms with Crippen molar-refractivity contribution in [3.8, 4) is 0 Å². The van der Waals surface area contributed by atoms with E-state index in [9.17, 15) is 26.3 Å². The first-order valence-corrected chi connectivity index (χ1v) is 12.3. The average molecular weight is 499 g/mol. The molecule has 34 heavy (non-hydrogen) atoms. The second-order valence-electron chi connectivity index (χ2n) is 8.99. The van der Waals surface area contributed by atoms with E-state index in [0.717, 1.165) is 37.8 Å². The summed E-state index contributed by atoms with van der Waals surface area (Å²) in [4.78, 5) is 0. The third-order valence-electron chi connectivity index (χ3n) is 6.63. The second-order valence-corrected chi connectivity index (χ2v) is 8.99. The Balaban J connectivity index is 2.81. The van der Waals surface area contributed by atoms with Gasteiger partial charge >= 0.3 is 12.4 Å². The van der Waals surface area contributed by atoms with Crippen LogP contribution in [0, 0.1) is 5.92 Å². The Morgan fingerprint density at radius 3 is 1.59 bits per heavy atom. The Morgan fingerprint density at radius 2 is 1.15 bits per heavy atom. The summed E-state index contributed by atoms with van der Waals surface area (Å²) in [5.74, 6) is -0.630. The highest BCUT2D eigenvalue weighted by molar-refractivity contribution is 5.33. The van der Waals surface area contributed by atoms with Gasteiger partial charge in [-0.25, -0.2) is 0 Å². The van der Waals surface area contributed by atoms with Crippen LogP contribution in [-0.2, 0) is 28.2 Å². The molecule has 1 rings (SSSR count). The van der Waals surface area contributed by atoms with Crippen molar-refractivity contribution in [1.29, 1.82) is 0 Å². The van der Waals surface area contributed by atoms with E-state index in [1.165, 1.54) is 25.7 Å². The van der Waals surface area contributed by atoms with Crippen LogP contribution in [0.4, 0.5) is 26.3 Å². The largest absolute Gasteiger partial charge is 0.416 e. The highest BCUT2D eigenvalue weighted by atomic mass is 19.4. The second kappa shape index (κ2) is 14.3. The summed E-state index contributed by atoms with van der Waals surface area (Å²) in [6, 6.07) is 1.82. The molecule has 0 amide bonds. The molecule has 0 spiro atoms. The van der Waals surface area contributed by atoms with Gasteiger partial charge in [-0.3, -0.25) is 0 Å². The van der Waals surface area contributed by atoms with Crippen LogP contribution in [0.15, 0.2) is 18.2 Å². The number of methoxy groups -OCH3 is 2. The minimum absolute atomic E-state index is 0.0508. The van der Waals surface area contributed by atoms with Crippen molar-refractivity contribution >= 4 is 0 Å². The zero-order valence-electron chi connectivity index (χ0n) is 20.9. The molecule has 8 heteroatoms. The van der Waals surface area contributed by atoms with Crippen LogP contribution in [0.1, 0.15) is 101 Å². The lowest BCUT2D eigenvalue weighted by Crippen LogP contribution is -2.41. The molecule has 0 aliphatic heterocycles. The van der Waals surface area contributed by atoms with Crippen LogP contribution in [0.25, 0.3) is 0 Å². The predicted molar refractivity (Wildman–Crippen MR) is 123 cm³/mol. The maximum atomic E-state index is 13.1. The van der Waals surface area contributed by atoms with Gasteiger partial charge in [0.05, 0.1) is 11.1 Å². The summed E-state index contributed by atoms with van der Waals surface area (Å²) in [6.45, 7) is 4.16. The van der Waals surface area contributed by atoms with Gasteiger partial charge in [-0.2, -0.15) is 26.3 Å². The number of unbranched alkanes of at least 4 members (excludes halogenated alkanes) is 6. The first-order valence-electron chi connectivity index (χ1n) is 12.3. The fraction of sp³-hybridized carbons (Fsp3) is 0.769. The smallest absolute Gasteiger partial charge is 0.353 e. The third kappa shape index (κ3) is 9.76. The highest BCUT2D eigenvalue weighted by Gasteiger charge is 2.38. The Labute approximate surface area is 200 Å². The molecule has 0 aliphatic rings. The number of benzene rings is 1. The van der Waals surface area contributed by atoms with E-state index in [0.29, 0.717) is 19.3 Å². The molecular weight excluding hydrogens is 458 g/mol. The first kappa shape index (κ1) is 30.8. The quantitative estimate of drug-likeness (QED) is 0.128. The van der Waals surface area contributed by atoms with E-state index >= 15 is 0 Å². The van der Waals surface area contributed by atoms with Crippen molar-refractivity contribution in [2.75, 3.05) is 14.2 Å². The maximum absolute atomic E-state index is 13.1. The minimum atomic E-state index is -4.82. The summed E-state index contributed by atoms with van der Waals surface area (Å²) in [5, 5.41) is 0. The number of hydrogen-bond donors (Lipinski definition) is 0. The zero-order chi connectivity index (χ0) is 25.8. The van der Waals surface area contributed by atoms with Gasteiger partial charge in [0.1, 0.15) is 0 Å². The van der Waals surface area contributed by atoms with Crippen LogP contribution in [0.3, 0.4) is 0 Å². The lowest BCUT2D eigenvalue weighted by atomic mass is 9.85. The number of hydrogen-bond acceptors (Lipinski definition) is 2. The summed E-state index contributed by atoms with van der Waals surface area (Å²) in [6.07, 6.45) is 0.895. The molecule has 0 aromatic heterocycles. The zero-order valence-corrected chi connectivity index (χ0v) is 20.9. The number of alkyl halides is 6. The van der Waals surface area contributed by atoms with E-state index in [1.54, 1.807) is 14.2 Å². The fourth-order valence-corrected chi connectivity index (χ4v) is 4.63. The van der Waals surface area contributed by atoms with Crippen molar-refractivity contribution in [3.05, 3.63) is 34.9 Å². The van der Waals surface area contributed by atoms with E-state index < -0.39 is 29.3 Å². The van der Waals surface area contributed by atoms with Crippen LogP contribution in [0.2, 0.25) is 0 Å². The average Bonchev–Trinajstić information content (AvgIpc) is 2.78. The number of halogens is 6. The van der Waals surface area contributed by atoms with Crippen molar-refractivity contribution in [2.24, 2.45) is 5.92 Å². The van der Waals surface area contributed by atoms with Crippen molar-refractivity contribution < 1.29 is 35.8 Å². The topological polar surface area (TPSA) is 18.5 Å². The molecule has 0 aliphatic carbocycles. The molecule has 0 saturated carbocycles. The highest BCUT2D eigenvalue weighted by Crippen LogP contribution is 2.37. The van der Waals surface area contributed by atoms with Crippen LogP contribution in [-0.4, -0.2) is 20.0 Å². The van der Waals surface area contributed by atoms with E-state index in [4.69, 9.17) is 9.47 Å². The van der Waals surface area contributed by atoms with Gasteiger partial charge in [0, 0.05) is 20.1 Å². The Bertz CT molecular complexity index is 655. The maximum Gasteiger partial charge on any atom is 0.416 e. The molecule has 2 nitrogen and oxygen atoms in total. The van der Waals surface area contributed by atoms with Gasteiger partial charge in [0.15, 0.2) is 5.79 Å². The molecule has 0 bridgehead atoms. The molecule has 0 radical (unpaired) electrons. The van der Waals surface area contributed by atoms with E-state index in [1.807, 2.05) is 6.92 Å². The Hall–Kier alpha value is -1.28. The van der Waals surface area contributed by atoms with Crippen molar-refractivity contribution in [3.63, 3.8) is 0 Å². The SMILES string of the molecule is CCCCCCCCC(CCCCc1cc(C(F)(F)F)cc(C(F)(F)F)c1)C(CC)(OC)OC. The lowest BCUT2D eigenvalue weighted by Gasteiger charge is -2.38. The number of ether oxygens (including phenoxy) is 2. The fourth-order valence-electron chi connectivity index (χ4n) is 4.63. The van der Waals surface area contributed by atoms with Crippen molar-refractivity contribution in [2.45, 2.75) is 109 Å². The molecule has 1 atom stereocenters. The monoisotopic (exact) mass is 498 g/mol. The molecule has 0 N–H and O–H groups in total. The lowest BCUT2D eigenvalue weighted by molar-refractivity contribution is -0.244. The Morgan fingerprint density at radius 1 is 0.676 bits per heavy atom. The summed E-state index contributed by atoms with van der Waals surface area (Å²) in [7, 11) is 3.23. The molecule has 0 fully saturated rings. The normalized spacial score (nSPS) is 13.9. The molecule has 0 saturated heterocycles. The molecule has 198 valence electrons. The summed E-state index contributed by atoms with van der Waals surface area (Å²) < 4.78 is 90.1. The van der Waals surface area contributed by atoms with Gasteiger partial charge in [-0.05, 0) is 55.9 Å². The van der Waals surface area contributed by atoms with Gasteiger partial charge in [0.2, 0.25) is 0 Å². The Kier molecular flexibility index (Phi) is 13.0. The summed E-state index contributed by atoms with van der Waals surface area (Å²) >= 11 is 0. The standard InChI is InChI=1S/C26H40F6O2/c1-5-7-8-9-10-11-15-21(24(6-2,33-3)34-4)16-13-12-14-20-17-22(25(27,28)29)19-23(18-20)26(30,31)32/h17-19,21H,5-16H2,1-4H3. The van der Waals surface area contributed by atoms with E-state index in [2.05, 4.69) is 6.92 Å². The summed E-state index contributed by atoms with van der Waals surface area (Å²) in [5.41, 5.74) is -2.47. The van der Waals surface area contributed by atoms with Gasteiger partial charge in [-0.15, -0.1) is 0 Å². The van der Waals surface area contributed by atoms with Crippen molar-refractivity contribution in [1.82, 2.24) is 0 Å². The molecule has 1 aromatic rings. The van der Waals surface area contributed by atoms with Crippen LogP contribution < -0.4 is 0 Å². The van der Waals surface area contributed by atoms with E-state index in [-0.39, 0.29) is 24.0 Å². The molecule has 0 heterocycles. The van der Waals surface area contributed by atoms with Gasteiger partial charge < -0.3 is 9.47 Å². The van der Waals surface area contributed by atoms with Gasteiger partial charge in [0.25, 0.3) is 0 Å². The molecular formula is C26H40F6O2. The third-order valence-corrected chi connectivity index (χ3v) is 6.63.